The molecule has 0 spiro atoms. The number of hydrogen-bond donors (Lipinski definition) is 2. The number of fused-ring (bicyclic) bond motifs is 2. The lowest BCUT2D eigenvalue weighted by Gasteiger charge is -2.34. The van der Waals surface area contributed by atoms with Gasteiger partial charge in [0.05, 0.1) is 18.6 Å². The molecule has 2 aliphatic rings. The SMILES string of the molecule is CCOC(=O)C1CCN(CCC(NC(=O)c2nc3cc4c(nc3s2)CCC(C(C)(C)C)C4)c2ccc(-c3cnc(O)c(F)c3)cc2)CC1. The average molecular weight is 674 g/mol. The molecule has 0 saturated carbocycles. The lowest BCUT2D eigenvalue weighted by Crippen LogP contribution is -2.39. The molecule has 1 aliphatic heterocycles. The van der Waals surface area contributed by atoms with Crippen molar-refractivity contribution in [2.24, 2.45) is 17.3 Å². The molecule has 1 fully saturated rings. The van der Waals surface area contributed by atoms with Gasteiger partial charge in [0, 0.05) is 24.0 Å². The van der Waals surface area contributed by atoms with Gasteiger partial charge >= 0.3 is 5.97 Å². The number of pyridine rings is 2. The number of rotatable bonds is 9. The van der Waals surface area contributed by atoms with Gasteiger partial charge in [0.1, 0.15) is 10.3 Å². The van der Waals surface area contributed by atoms with E-state index in [1.807, 2.05) is 31.2 Å². The summed E-state index contributed by atoms with van der Waals surface area (Å²) in [5, 5.41) is 13.1. The zero-order valence-corrected chi connectivity index (χ0v) is 28.9. The third-order valence-electron chi connectivity index (χ3n) is 9.88. The Hall–Kier alpha value is -3.96. The highest BCUT2D eigenvalue weighted by atomic mass is 32.1. The van der Waals surface area contributed by atoms with Crippen LogP contribution in [0.3, 0.4) is 0 Å². The van der Waals surface area contributed by atoms with Crippen LogP contribution in [0, 0.1) is 23.1 Å². The van der Waals surface area contributed by atoms with Gasteiger partial charge in [-0.3, -0.25) is 9.59 Å². The summed E-state index contributed by atoms with van der Waals surface area (Å²) in [6.07, 6.45) is 6.60. The predicted molar refractivity (Wildman–Crippen MR) is 184 cm³/mol. The highest BCUT2D eigenvalue weighted by Crippen LogP contribution is 2.38. The first-order valence-corrected chi connectivity index (χ1v) is 17.7. The zero-order valence-electron chi connectivity index (χ0n) is 28.1. The molecule has 1 saturated heterocycles. The molecule has 48 heavy (non-hydrogen) atoms. The third kappa shape index (κ3) is 7.68. The van der Waals surface area contributed by atoms with Crippen LogP contribution in [0.1, 0.15) is 86.0 Å². The standard InChI is InChI=1S/C37H44FN5O4S/c1-5-47-36(46)24-12-15-43(16-13-24)17-14-30(23-8-6-22(7-9-23)26-19-28(38)32(44)39-21-26)40-33(45)35-42-31-20-25-18-27(37(2,3)4)10-11-29(25)41-34(31)48-35/h6-9,19-21,24,27,30H,5,10-18H2,1-4H3,(H,39,44)(H,40,45). The second kappa shape index (κ2) is 14.3. The molecule has 1 aliphatic carbocycles. The predicted octanol–water partition coefficient (Wildman–Crippen LogP) is 6.89. The average Bonchev–Trinajstić information content (AvgIpc) is 3.49. The maximum Gasteiger partial charge on any atom is 0.309 e. The van der Waals surface area contributed by atoms with E-state index in [-0.39, 0.29) is 29.3 Å². The van der Waals surface area contributed by atoms with Gasteiger partial charge in [-0.2, -0.15) is 0 Å². The topological polar surface area (TPSA) is 118 Å². The lowest BCUT2D eigenvalue weighted by molar-refractivity contribution is -0.149. The number of piperidine rings is 1. The molecule has 6 rings (SSSR count). The summed E-state index contributed by atoms with van der Waals surface area (Å²) in [6.45, 7) is 11.4. The molecule has 254 valence electrons. The van der Waals surface area contributed by atoms with Crippen LogP contribution >= 0.6 is 11.3 Å². The highest BCUT2D eigenvalue weighted by molar-refractivity contribution is 7.19. The maximum absolute atomic E-state index is 14.0. The van der Waals surface area contributed by atoms with E-state index in [1.165, 1.54) is 29.2 Å². The fourth-order valence-corrected chi connectivity index (χ4v) is 7.70. The van der Waals surface area contributed by atoms with E-state index < -0.39 is 11.7 Å². The molecule has 1 amide bonds. The van der Waals surface area contributed by atoms with Crippen molar-refractivity contribution in [1.82, 2.24) is 25.2 Å². The number of ether oxygens (including phenoxy) is 1. The van der Waals surface area contributed by atoms with E-state index in [2.05, 4.69) is 42.0 Å². The summed E-state index contributed by atoms with van der Waals surface area (Å²) >= 11 is 1.33. The van der Waals surface area contributed by atoms with E-state index in [0.717, 1.165) is 78.9 Å². The number of halogens is 1. The maximum atomic E-state index is 14.0. The Morgan fingerprint density at radius 1 is 1.10 bits per heavy atom. The van der Waals surface area contributed by atoms with E-state index >= 15 is 0 Å². The monoisotopic (exact) mass is 673 g/mol. The van der Waals surface area contributed by atoms with Crippen LogP contribution < -0.4 is 5.32 Å². The van der Waals surface area contributed by atoms with Crippen molar-refractivity contribution >= 4 is 33.6 Å². The second-order valence-electron chi connectivity index (χ2n) is 14.1. The quantitative estimate of drug-likeness (QED) is 0.185. The smallest absolute Gasteiger partial charge is 0.309 e. The molecular weight excluding hydrogens is 630 g/mol. The first-order chi connectivity index (χ1) is 23.0. The van der Waals surface area contributed by atoms with Crippen LogP contribution in [0.4, 0.5) is 4.39 Å². The molecule has 0 radical (unpaired) electrons. The number of aromatic hydroxyl groups is 1. The van der Waals surface area contributed by atoms with Gasteiger partial charge in [-0.25, -0.2) is 19.3 Å². The molecule has 0 bridgehead atoms. The summed E-state index contributed by atoms with van der Waals surface area (Å²) in [4.78, 5) is 42.5. The van der Waals surface area contributed by atoms with Crippen LogP contribution in [0.5, 0.6) is 5.88 Å². The Kier molecular flexibility index (Phi) is 10.1. The third-order valence-corrected chi connectivity index (χ3v) is 10.8. The summed E-state index contributed by atoms with van der Waals surface area (Å²) in [6, 6.07) is 10.6. The number of thiazole rings is 1. The van der Waals surface area contributed by atoms with Gasteiger partial charge in [0.25, 0.3) is 5.91 Å². The van der Waals surface area contributed by atoms with Crippen LogP contribution in [0.15, 0.2) is 42.6 Å². The summed E-state index contributed by atoms with van der Waals surface area (Å²) in [5.41, 5.74) is 5.53. The van der Waals surface area contributed by atoms with Gasteiger partial charge in [-0.1, -0.05) is 56.4 Å². The Balaban J connectivity index is 1.19. The number of nitrogens with one attached hydrogen (secondary N) is 1. The molecule has 4 aromatic rings. The van der Waals surface area contributed by atoms with Crippen molar-refractivity contribution in [2.45, 2.75) is 72.3 Å². The van der Waals surface area contributed by atoms with Crippen LogP contribution in [0.25, 0.3) is 21.5 Å². The van der Waals surface area contributed by atoms with Gasteiger partial charge in [-0.15, -0.1) is 0 Å². The lowest BCUT2D eigenvalue weighted by atomic mass is 9.71. The number of amides is 1. The molecule has 4 heterocycles. The summed E-state index contributed by atoms with van der Waals surface area (Å²) in [7, 11) is 0. The van der Waals surface area contributed by atoms with Crippen molar-refractivity contribution in [2.75, 3.05) is 26.2 Å². The van der Waals surface area contributed by atoms with E-state index in [0.29, 0.717) is 29.5 Å². The highest BCUT2D eigenvalue weighted by Gasteiger charge is 2.31. The molecule has 2 atom stereocenters. The summed E-state index contributed by atoms with van der Waals surface area (Å²) in [5.74, 6) is -1.27. The molecule has 2 N–H and O–H groups in total. The Labute approximate surface area is 285 Å². The number of aryl methyl sites for hydroxylation is 1. The minimum absolute atomic E-state index is 0.0684. The van der Waals surface area contributed by atoms with Gasteiger partial charge < -0.3 is 20.1 Å². The molecule has 2 unspecified atom stereocenters. The van der Waals surface area contributed by atoms with Crippen LogP contribution in [0.2, 0.25) is 0 Å². The first kappa shape index (κ1) is 33.9. The number of carbonyl (C=O) groups excluding carboxylic acids is 2. The van der Waals surface area contributed by atoms with Crippen molar-refractivity contribution in [1.29, 1.82) is 0 Å². The zero-order chi connectivity index (χ0) is 34.0. The fraction of sp³-hybridized carbons (Fsp3) is 0.486. The Morgan fingerprint density at radius 3 is 2.54 bits per heavy atom. The minimum Gasteiger partial charge on any atom is -0.491 e. The Bertz CT molecular complexity index is 1780. The number of benzene rings is 1. The molecule has 11 heteroatoms. The number of likely N-dealkylation sites (tertiary alicyclic amines) is 1. The van der Waals surface area contributed by atoms with Crippen molar-refractivity contribution in [3.05, 3.63) is 70.2 Å². The van der Waals surface area contributed by atoms with E-state index in [1.54, 1.807) is 0 Å². The van der Waals surface area contributed by atoms with E-state index in [4.69, 9.17) is 14.7 Å². The Morgan fingerprint density at radius 2 is 1.85 bits per heavy atom. The van der Waals surface area contributed by atoms with Crippen molar-refractivity contribution < 1.29 is 23.8 Å². The molecular formula is C37H44FN5O4S. The number of nitrogens with zero attached hydrogens (tertiary/aromatic N) is 4. The minimum atomic E-state index is -0.784. The summed E-state index contributed by atoms with van der Waals surface area (Å²) < 4.78 is 19.2. The molecule has 3 aromatic heterocycles. The normalized spacial score (nSPS) is 18.0. The van der Waals surface area contributed by atoms with Crippen LogP contribution in [-0.2, 0) is 22.4 Å². The van der Waals surface area contributed by atoms with Gasteiger partial charge in [0.2, 0.25) is 5.88 Å². The van der Waals surface area contributed by atoms with Gasteiger partial charge in [-0.05, 0) is 98.7 Å². The first-order valence-electron chi connectivity index (χ1n) is 16.9. The fourth-order valence-electron chi connectivity index (χ4n) is 6.85. The largest absolute Gasteiger partial charge is 0.491 e. The van der Waals surface area contributed by atoms with Crippen LogP contribution in [-0.4, -0.2) is 63.1 Å². The number of esters is 1. The number of carbonyl (C=O) groups is 2. The van der Waals surface area contributed by atoms with E-state index in [9.17, 15) is 19.1 Å². The second-order valence-corrected chi connectivity index (χ2v) is 15.1. The molecule has 9 nitrogen and oxygen atoms in total. The number of hydrogen-bond acceptors (Lipinski definition) is 9. The van der Waals surface area contributed by atoms with Crippen molar-refractivity contribution in [3.8, 4) is 17.0 Å². The number of aromatic nitrogens is 3. The molecule has 1 aromatic carbocycles. The van der Waals surface area contributed by atoms with Crippen molar-refractivity contribution in [3.63, 3.8) is 0 Å². The van der Waals surface area contributed by atoms with Gasteiger partial charge in [0.15, 0.2) is 10.8 Å².